The molecule has 0 atom stereocenters. The second-order valence-corrected chi connectivity index (χ2v) is 5.79. The van der Waals surface area contributed by atoms with Gasteiger partial charge >= 0.3 is 6.09 Å². The summed E-state index contributed by atoms with van der Waals surface area (Å²) in [6.07, 6.45) is 0.751. The van der Waals surface area contributed by atoms with Gasteiger partial charge in [0.05, 0.1) is 31.8 Å². The highest BCUT2D eigenvalue weighted by atomic mass is 16.5. The molecule has 12 nitrogen and oxygen atoms in total. The summed E-state index contributed by atoms with van der Waals surface area (Å²) in [6, 6.07) is 6.45. The highest BCUT2D eigenvalue weighted by Gasteiger charge is 2.19. The highest BCUT2D eigenvalue weighted by Crippen LogP contribution is 2.37. The minimum absolute atomic E-state index is 0.0427. The smallest absolute Gasteiger partial charge is 0.412 e. The zero-order chi connectivity index (χ0) is 24.2. The van der Waals surface area contributed by atoms with Gasteiger partial charge in [0, 0.05) is 29.8 Å². The van der Waals surface area contributed by atoms with Gasteiger partial charge in [-0.15, -0.1) is 10.2 Å². The summed E-state index contributed by atoms with van der Waals surface area (Å²) >= 11 is 0. The van der Waals surface area contributed by atoms with Crippen LogP contribution in [0.3, 0.4) is 0 Å². The molecule has 2 heterocycles. The van der Waals surface area contributed by atoms with Gasteiger partial charge in [-0.3, -0.25) is 10.1 Å². The molecule has 2 aromatic heterocycles. The number of methoxy groups -OCH3 is 2. The first kappa shape index (κ1) is 16.7. The summed E-state index contributed by atoms with van der Waals surface area (Å²) in [4.78, 5) is 25.5. The second-order valence-electron chi connectivity index (χ2n) is 5.79. The monoisotopic (exact) mass is 415 g/mol. The number of benzene rings is 1. The van der Waals surface area contributed by atoms with Crippen LogP contribution < -0.4 is 20.7 Å². The van der Waals surface area contributed by atoms with E-state index in [-0.39, 0.29) is 17.2 Å². The Bertz CT molecular complexity index is 1180. The minimum atomic E-state index is -2.75. The van der Waals surface area contributed by atoms with Crippen molar-refractivity contribution in [1.29, 1.82) is 0 Å². The molecule has 0 aliphatic heterocycles. The van der Waals surface area contributed by atoms with Crippen molar-refractivity contribution in [1.82, 2.24) is 30.5 Å². The molecule has 0 spiro atoms. The number of nitrogens with zero attached hydrogens (tertiary/aromatic N) is 5. The van der Waals surface area contributed by atoms with Crippen molar-refractivity contribution in [2.24, 2.45) is 7.05 Å². The topological polar surface area (TPSA) is 145 Å². The number of carbonyl (C=O) groups is 2. The van der Waals surface area contributed by atoms with E-state index in [9.17, 15) is 9.59 Å². The van der Waals surface area contributed by atoms with Crippen LogP contribution in [0.2, 0.25) is 0 Å². The summed E-state index contributed by atoms with van der Waals surface area (Å²) in [5.41, 5.74) is 1.28. The van der Waals surface area contributed by atoms with Crippen LogP contribution in [-0.4, -0.2) is 58.4 Å². The number of ether oxygens (including phenoxy) is 2. The quantitative estimate of drug-likeness (QED) is 0.546. The maximum absolute atomic E-state index is 12.5. The first-order valence-corrected chi connectivity index (χ1v) is 8.47. The lowest BCUT2D eigenvalue weighted by Crippen LogP contribution is -2.22. The molecule has 0 radical (unpaired) electrons. The van der Waals surface area contributed by atoms with E-state index in [1.165, 1.54) is 25.1 Å². The van der Waals surface area contributed by atoms with Gasteiger partial charge in [-0.05, 0) is 12.1 Å². The van der Waals surface area contributed by atoms with E-state index in [0.29, 0.717) is 22.7 Å². The summed E-state index contributed by atoms with van der Waals surface area (Å²) in [5, 5.41) is 23.0. The number of rotatable bonds is 6. The summed E-state index contributed by atoms with van der Waals surface area (Å²) in [6.45, 7) is -2.75. The third kappa shape index (κ3) is 4.27. The van der Waals surface area contributed by atoms with E-state index in [0.717, 1.165) is 0 Å². The van der Waals surface area contributed by atoms with E-state index in [2.05, 4.69) is 35.8 Å². The van der Waals surface area contributed by atoms with Crippen LogP contribution in [0.15, 0.2) is 30.5 Å². The van der Waals surface area contributed by atoms with Gasteiger partial charge in [0.1, 0.15) is 5.69 Å². The van der Waals surface area contributed by atoms with Crippen molar-refractivity contribution >= 4 is 29.2 Å². The number of anilines is 3. The largest absolute Gasteiger partial charge is 0.494 e. The first-order chi connectivity index (χ1) is 15.6. The van der Waals surface area contributed by atoms with Crippen molar-refractivity contribution in [3.05, 3.63) is 36.2 Å². The fourth-order valence-electron chi connectivity index (χ4n) is 2.60. The lowest BCUT2D eigenvalue weighted by atomic mass is 10.1. The average molecular weight is 415 g/mol. The molecule has 0 bridgehead atoms. The molecule has 0 fully saturated rings. The molecule has 0 unspecified atom stereocenters. The van der Waals surface area contributed by atoms with E-state index in [1.807, 2.05) is 5.32 Å². The molecule has 1 aromatic carbocycles. The van der Waals surface area contributed by atoms with Crippen LogP contribution in [-0.2, 0) is 11.8 Å². The van der Waals surface area contributed by atoms with Crippen molar-refractivity contribution in [2.45, 2.75) is 0 Å². The summed E-state index contributed by atoms with van der Waals surface area (Å²) in [7, 11) is 4.30. The number of nitrogens with one attached hydrogen (secondary N) is 3. The van der Waals surface area contributed by atoms with Gasteiger partial charge in [-0.1, -0.05) is 6.07 Å². The molecule has 3 N–H and O–H groups in total. The van der Waals surface area contributed by atoms with Gasteiger partial charge in [0.25, 0.3) is 5.91 Å². The molecule has 12 heteroatoms. The normalized spacial score (nSPS) is 12.2. The second kappa shape index (κ2) is 8.86. The molecule has 30 heavy (non-hydrogen) atoms. The maximum Gasteiger partial charge on any atom is 0.412 e. The van der Waals surface area contributed by atoms with Crippen LogP contribution in [0, 0.1) is 0 Å². The highest BCUT2D eigenvalue weighted by molar-refractivity contribution is 5.99. The fourth-order valence-corrected chi connectivity index (χ4v) is 2.60. The average Bonchev–Trinajstić information content (AvgIpc) is 3.18. The van der Waals surface area contributed by atoms with E-state index in [4.69, 9.17) is 8.85 Å². The molecule has 3 rings (SSSR count). The summed E-state index contributed by atoms with van der Waals surface area (Å²) in [5.74, 6) is -0.669. The molecular formula is C18H20N8O4. The number of carbonyl (C=O) groups excluding carboxylic acids is 2. The number of para-hydroxylation sites is 1. The number of aryl methyl sites for hydroxylation is 1. The number of amides is 2. The van der Waals surface area contributed by atoms with Crippen LogP contribution in [0.1, 0.15) is 14.6 Å². The number of hydrogen-bond donors (Lipinski definition) is 3. The van der Waals surface area contributed by atoms with Gasteiger partial charge in [0.2, 0.25) is 0 Å². The maximum atomic E-state index is 12.5. The Morgan fingerprint density at radius 3 is 2.70 bits per heavy atom. The SMILES string of the molecule is [2H]C([2H])([2H])NC(=O)c1nnc(NC(=O)OC)cc1Nc1cccc(-c2cnn(C)n2)c1OC. The van der Waals surface area contributed by atoms with Gasteiger partial charge < -0.3 is 20.1 Å². The fraction of sp³-hybridized carbons (Fsp3) is 0.222. The van der Waals surface area contributed by atoms with Crippen LogP contribution in [0.25, 0.3) is 11.3 Å². The molecule has 0 aliphatic rings. The molecule has 156 valence electrons. The molecule has 3 aromatic rings. The zero-order valence-electron chi connectivity index (χ0n) is 19.3. The Labute approximate surface area is 175 Å². The van der Waals surface area contributed by atoms with Gasteiger partial charge in [0.15, 0.2) is 17.3 Å². The minimum Gasteiger partial charge on any atom is -0.494 e. The predicted octanol–water partition coefficient (Wildman–Crippen LogP) is 1.56. The standard InChI is InChI=1S/C18H20N8O4/c1-19-17(27)15-12(8-14(23-24-15)22-18(28)30-4)21-11-7-5-6-10(16(11)29-3)13-9-20-26(2)25-13/h5-9H,1-4H3,(H,19,27)(H2,21,22,23,28)/i1D3. The third-order valence-corrected chi connectivity index (χ3v) is 3.90. The van der Waals surface area contributed by atoms with Crippen molar-refractivity contribution in [3.63, 3.8) is 0 Å². The molecule has 0 saturated carbocycles. The van der Waals surface area contributed by atoms with Crippen LogP contribution in [0.4, 0.5) is 22.0 Å². The van der Waals surface area contributed by atoms with Gasteiger partial charge in [-0.25, -0.2) is 4.79 Å². The molecule has 0 aliphatic carbocycles. The van der Waals surface area contributed by atoms with Crippen molar-refractivity contribution < 1.29 is 23.2 Å². The summed E-state index contributed by atoms with van der Waals surface area (Å²) < 4.78 is 31.9. The van der Waals surface area contributed by atoms with Crippen LogP contribution in [0.5, 0.6) is 5.75 Å². The Hall–Kier alpha value is -4.22. The molecule has 0 saturated heterocycles. The third-order valence-electron chi connectivity index (χ3n) is 3.90. The number of hydrogen-bond acceptors (Lipinski definition) is 9. The Kier molecular flexibility index (Phi) is 4.93. The van der Waals surface area contributed by atoms with Crippen molar-refractivity contribution in [2.75, 3.05) is 31.8 Å². The lowest BCUT2D eigenvalue weighted by molar-refractivity contribution is 0.0958. The van der Waals surface area contributed by atoms with E-state index in [1.54, 1.807) is 31.4 Å². The molecular weight excluding hydrogens is 392 g/mol. The van der Waals surface area contributed by atoms with Gasteiger partial charge in [-0.2, -0.15) is 15.0 Å². The number of aromatic nitrogens is 5. The van der Waals surface area contributed by atoms with E-state index >= 15 is 0 Å². The Morgan fingerprint density at radius 1 is 1.20 bits per heavy atom. The molecule has 2 amide bonds. The Balaban J connectivity index is 2.06. The van der Waals surface area contributed by atoms with E-state index < -0.39 is 19.0 Å². The lowest BCUT2D eigenvalue weighted by Gasteiger charge is -2.16. The first-order valence-electron chi connectivity index (χ1n) is 9.97. The predicted molar refractivity (Wildman–Crippen MR) is 108 cm³/mol. The van der Waals surface area contributed by atoms with Crippen LogP contribution >= 0.6 is 0 Å². The van der Waals surface area contributed by atoms with Crippen molar-refractivity contribution in [3.8, 4) is 17.0 Å². The zero-order valence-corrected chi connectivity index (χ0v) is 16.3. The Morgan fingerprint density at radius 2 is 2.03 bits per heavy atom.